The fourth-order valence-corrected chi connectivity index (χ4v) is 2.50. The molecule has 29 heavy (non-hydrogen) atoms. The van der Waals surface area contributed by atoms with Crippen molar-refractivity contribution in [2.75, 3.05) is 25.6 Å². The molecule has 0 atom stereocenters. The summed E-state index contributed by atoms with van der Waals surface area (Å²) in [6.07, 6.45) is 1.59. The van der Waals surface area contributed by atoms with Crippen LogP contribution in [0.25, 0.3) is 11.6 Å². The number of guanidine groups is 1. The Hall–Kier alpha value is -2.76. The first-order valence-electron chi connectivity index (χ1n) is 9.04. The van der Waals surface area contributed by atoms with E-state index in [0.717, 1.165) is 5.69 Å². The fraction of sp³-hybridized carbons (Fsp3) is 0.316. The predicted molar refractivity (Wildman–Crippen MR) is 122 cm³/mol. The average molecular weight is 512 g/mol. The molecule has 0 saturated carbocycles. The largest absolute Gasteiger partial charge is 0.493 e. The SMILES string of the molecule is CCNC(=NCc1nc(-c2ccco2)n[nH]1)Nc1ccc(OCC)c(OC)c1.I. The van der Waals surface area contributed by atoms with Gasteiger partial charge in [0.2, 0.25) is 5.82 Å². The molecule has 156 valence electrons. The molecule has 0 aliphatic heterocycles. The van der Waals surface area contributed by atoms with Gasteiger partial charge in [-0.3, -0.25) is 5.10 Å². The van der Waals surface area contributed by atoms with Crippen LogP contribution in [0.3, 0.4) is 0 Å². The van der Waals surface area contributed by atoms with Gasteiger partial charge in [0.1, 0.15) is 12.4 Å². The van der Waals surface area contributed by atoms with Crippen molar-refractivity contribution in [3.63, 3.8) is 0 Å². The molecular formula is C19H25IN6O3. The number of H-pyrrole nitrogens is 1. The Bertz CT molecular complexity index is 911. The minimum Gasteiger partial charge on any atom is -0.493 e. The first-order chi connectivity index (χ1) is 13.7. The van der Waals surface area contributed by atoms with Crippen LogP contribution in [0.5, 0.6) is 11.5 Å². The predicted octanol–water partition coefficient (Wildman–Crippen LogP) is 3.67. The molecule has 2 heterocycles. The van der Waals surface area contributed by atoms with E-state index in [9.17, 15) is 0 Å². The van der Waals surface area contributed by atoms with Crippen molar-refractivity contribution in [1.29, 1.82) is 0 Å². The maximum atomic E-state index is 5.55. The van der Waals surface area contributed by atoms with Crippen LogP contribution in [0, 0.1) is 0 Å². The Kier molecular flexibility index (Phi) is 8.77. The fourth-order valence-electron chi connectivity index (χ4n) is 2.50. The van der Waals surface area contributed by atoms with E-state index in [4.69, 9.17) is 13.9 Å². The maximum Gasteiger partial charge on any atom is 0.216 e. The van der Waals surface area contributed by atoms with Gasteiger partial charge in [-0.1, -0.05) is 0 Å². The zero-order valence-corrected chi connectivity index (χ0v) is 18.9. The topological polar surface area (TPSA) is 110 Å². The minimum atomic E-state index is 0. The number of aromatic amines is 1. The second kappa shape index (κ2) is 11.3. The molecule has 0 aliphatic carbocycles. The van der Waals surface area contributed by atoms with Crippen molar-refractivity contribution < 1.29 is 13.9 Å². The number of rotatable bonds is 8. The van der Waals surface area contributed by atoms with E-state index in [0.29, 0.717) is 54.6 Å². The summed E-state index contributed by atoms with van der Waals surface area (Å²) < 4.78 is 16.2. The van der Waals surface area contributed by atoms with Crippen molar-refractivity contribution in [2.45, 2.75) is 20.4 Å². The maximum absolute atomic E-state index is 5.55. The highest BCUT2D eigenvalue weighted by molar-refractivity contribution is 14.0. The smallest absolute Gasteiger partial charge is 0.216 e. The third-order valence-electron chi connectivity index (χ3n) is 3.73. The summed E-state index contributed by atoms with van der Waals surface area (Å²) >= 11 is 0. The Morgan fingerprint density at radius 1 is 1.24 bits per heavy atom. The molecular weight excluding hydrogens is 487 g/mol. The van der Waals surface area contributed by atoms with Gasteiger partial charge in [0, 0.05) is 18.3 Å². The molecule has 3 rings (SSSR count). The van der Waals surface area contributed by atoms with Gasteiger partial charge >= 0.3 is 0 Å². The van der Waals surface area contributed by atoms with Gasteiger partial charge in [-0.25, -0.2) is 9.98 Å². The van der Waals surface area contributed by atoms with Gasteiger partial charge < -0.3 is 24.5 Å². The number of ether oxygens (including phenoxy) is 2. The Morgan fingerprint density at radius 3 is 2.79 bits per heavy atom. The normalized spacial score (nSPS) is 10.9. The number of nitrogens with zero attached hydrogens (tertiary/aromatic N) is 3. The number of halogens is 1. The molecule has 0 aliphatic rings. The summed E-state index contributed by atoms with van der Waals surface area (Å²) in [5.74, 6) is 3.71. The first-order valence-corrected chi connectivity index (χ1v) is 9.04. The summed E-state index contributed by atoms with van der Waals surface area (Å²) in [5.41, 5.74) is 0.828. The highest BCUT2D eigenvalue weighted by Gasteiger charge is 2.09. The summed E-state index contributed by atoms with van der Waals surface area (Å²) in [6.45, 7) is 5.55. The standard InChI is InChI=1S/C19H24N6O3.HI/c1-4-20-19(22-13-8-9-14(27-5-2)16(11-13)26-3)21-12-17-23-18(25-24-17)15-7-6-10-28-15;/h6-11H,4-5,12H2,1-3H3,(H2,20,21,22)(H,23,24,25);1H. The van der Waals surface area contributed by atoms with Gasteiger partial charge in [-0.05, 0) is 38.1 Å². The molecule has 9 nitrogen and oxygen atoms in total. The van der Waals surface area contributed by atoms with Gasteiger partial charge in [-0.15, -0.1) is 29.1 Å². The highest BCUT2D eigenvalue weighted by atomic mass is 127. The van der Waals surface area contributed by atoms with Crippen LogP contribution in [0.4, 0.5) is 5.69 Å². The monoisotopic (exact) mass is 512 g/mol. The van der Waals surface area contributed by atoms with E-state index in [2.05, 4.69) is 30.8 Å². The van der Waals surface area contributed by atoms with E-state index >= 15 is 0 Å². The van der Waals surface area contributed by atoms with Crippen molar-refractivity contribution in [3.8, 4) is 23.1 Å². The molecule has 0 saturated heterocycles. The van der Waals surface area contributed by atoms with Gasteiger partial charge in [0.05, 0.1) is 20.0 Å². The lowest BCUT2D eigenvalue weighted by molar-refractivity contribution is 0.311. The number of hydrogen-bond donors (Lipinski definition) is 3. The van der Waals surface area contributed by atoms with Crippen LogP contribution in [0.1, 0.15) is 19.7 Å². The summed E-state index contributed by atoms with van der Waals surface area (Å²) in [5, 5.41) is 13.5. The number of hydrogen-bond acceptors (Lipinski definition) is 6. The molecule has 2 aromatic heterocycles. The Morgan fingerprint density at radius 2 is 2.10 bits per heavy atom. The second-order valence-electron chi connectivity index (χ2n) is 5.70. The van der Waals surface area contributed by atoms with Crippen LogP contribution in [-0.4, -0.2) is 41.4 Å². The quantitative estimate of drug-likeness (QED) is 0.240. The van der Waals surface area contributed by atoms with Crippen molar-refractivity contribution in [3.05, 3.63) is 42.4 Å². The van der Waals surface area contributed by atoms with E-state index in [1.54, 1.807) is 25.5 Å². The van der Waals surface area contributed by atoms with Gasteiger partial charge in [0.25, 0.3) is 0 Å². The molecule has 0 radical (unpaired) electrons. The molecule has 3 aromatic rings. The van der Waals surface area contributed by atoms with Crippen molar-refractivity contribution >= 4 is 35.6 Å². The molecule has 0 fully saturated rings. The van der Waals surface area contributed by atoms with Crippen LogP contribution < -0.4 is 20.1 Å². The minimum absolute atomic E-state index is 0. The lowest BCUT2D eigenvalue weighted by Crippen LogP contribution is -2.30. The second-order valence-corrected chi connectivity index (χ2v) is 5.70. The highest BCUT2D eigenvalue weighted by Crippen LogP contribution is 2.30. The van der Waals surface area contributed by atoms with E-state index in [1.165, 1.54) is 0 Å². The van der Waals surface area contributed by atoms with Crippen molar-refractivity contribution in [1.82, 2.24) is 20.5 Å². The third-order valence-corrected chi connectivity index (χ3v) is 3.73. The van der Waals surface area contributed by atoms with Crippen LogP contribution >= 0.6 is 24.0 Å². The van der Waals surface area contributed by atoms with Crippen LogP contribution in [-0.2, 0) is 6.54 Å². The van der Waals surface area contributed by atoms with Gasteiger partial charge in [0.15, 0.2) is 23.2 Å². The summed E-state index contributed by atoms with van der Waals surface area (Å²) in [4.78, 5) is 8.94. The molecule has 0 unspecified atom stereocenters. The Labute approximate surface area is 186 Å². The number of aliphatic imine (C=N–C) groups is 1. The number of methoxy groups -OCH3 is 1. The number of benzene rings is 1. The zero-order chi connectivity index (χ0) is 19.8. The molecule has 1 aromatic carbocycles. The lowest BCUT2D eigenvalue weighted by atomic mass is 10.2. The molecule has 0 bridgehead atoms. The van der Waals surface area contributed by atoms with Crippen LogP contribution in [0.2, 0.25) is 0 Å². The summed E-state index contributed by atoms with van der Waals surface area (Å²) in [7, 11) is 1.61. The number of aromatic nitrogens is 3. The van der Waals surface area contributed by atoms with E-state index in [-0.39, 0.29) is 24.0 Å². The first kappa shape index (κ1) is 22.5. The zero-order valence-electron chi connectivity index (χ0n) is 16.6. The molecule has 0 amide bonds. The lowest BCUT2D eigenvalue weighted by Gasteiger charge is -2.14. The number of furan rings is 1. The molecule has 0 spiro atoms. The molecule has 3 N–H and O–H groups in total. The van der Waals surface area contributed by atoms with Crippen LogP contribution in [0.15, 0.2) is 46.0 Å². The summed E-state index contributed by atoms with van der Waals surface area (Å²) in [6, 6.07) is 9.23. The van der Waals surface area contributed by atoms with E-state index < -0.39 is 0 Å². The van der Waals surface area contributed by atoms with E-state index in [1.807, 2.05) is 32.0 Å². The Balaban J connectivity index is 0.00000300. The average Bonchev–Trinajstić information content (AvgIpc) is 3.39. The third kappa shape index (κ3) is 6.11. The van der Waals surface area contributed by atoms with Gasteiger partial charge in [-0.2, -0.15) is 0 Å². The molecule has 10 heteroatoms. The number of nitrogens with one attached hydrogen (secondary N) is 3. The van der Waals surface area contributed by atoms with Crippen molar-refractivity contribution in [2.24, 2.45) is 4.99 Å². The number of anilines is 1.